The van der Waals surface area contributed by atoms with E-state index in [0.717, 1.165) is 28.7 Å². The lowest BCUT2D eigenvalue weighted by Crippen LogP contribution is -2.34. The Morgan fingerprint density at radius 3 is 2.43 bits per heavy atom. The first-order chi connectivity index (χ1) is 9.83. The van der Waals surface area contributed by atoms with Gasteiger partial charge in [0.2, 0.25) is 0 Å². The van der Waals surface area contributed by atoms with Gasteiger partial charge in [-0.1, -0.05) is 23.2 Å². The summed E-state index contributed by atoms with van der Waals surface area (Å²) in [4.78, 5) is 1.08. The molecule has 1 N–H and O–H groups in total. The summed E-state index contributed by atoms with van der Waals surface area (Å²) in [6.45, 7) is 7.14. The summed E-state index contributed by atoms with van der Waals surface area (Å²) < 4.78 is 5.81. The second kappa shape index (κ2) is 7.10. The molecule has 0 aliphatic heterocycles. The number of furan rings is 1. The highest BCUT2D eigenvalue weighted by molar-refractivity contribution is 7.98. The molecule has 0 radical (unpaired) electrons. The van der Waals surface area contributed by atoms with E-state index in [2.05, 4.69) is 26.1 Å². The minimum absolute atomic E-state index is 0.0851. The Balaban J connectivity index is 1.89. The zero-order chi connectivity index (χ0) is 15.5. The molecule has 2 nitrogen and oxygen atoms in total. The second-order valence-electron chi connectivity index (χ2n) is 5.84. The van der Waals surface area contributed by atoms with E-state index >= 15 is 0 Å². The zero-order valence-corrected chi connectivity index (χ0v) is 14.7. The Labute approximate surface area is 140 Å². The number of rotatable bonds is 5. The molecule has 1 aromatic carbocycles. The van der Waals surface area contributed by atoms with Crippen molar-refractivity contribution in [1.82, 2.24) is 5.32 Å². The highest BCUT2D eigenvalue weighted by atomic mass is 35.5. The van der Waals surface area contributed by atoms with E-state index in [9.17, 15) is 0 Å². The molecule has 0 saturated heterocycles. The molecule has 0 spiro atoms. The smallest absolute Gasteiger partial charge is 0.118 e. The fraction of sp³-hybridized carbons (Fsp3) is 0.375. The molecule has 0 aliphatic rings. The first kappa shape index (κ1) is 16.8. The molecule has 0 unspecified atom stereocenters. The first-order valence-corrected chi connectivity index (χ1v) is 8.48. The van der Waals surface area contributed by atoms with Crippen molar-refractivity contribution in [1.29, 1.82) is 0 Å². The van der Waals surface area contributed by atoms with E-state index in [1.165, 1.54) is 0 Å². The van der Waals surface area contributed by atoms with Crippen LogP contribution in [0.3, 0.4) is 0 Å². The molecular formula is C16H19Cl2NOS. The van der Waals surface area contributed by atoms with Crippen LogP contribution in [0.2, 0.25) is 10.0 Å². The van der Waals surface area contributed by atoms with Crippen molar-refractivity contribution in [2.45, 2.75) is 43.5 Å². The zero-order valence-electron chi connectivity index (χ0n) is 12.4. The molecule has 5 heteroatoms. The number of hydrogen-bond acceptors (Lipinski definition) is 3. The molecular weight excluding hydrogens is 325 g/mol. The van der Waals surface area contributed by atoms with Gasteiger partial charge in [-0.25, -0.2) is 0 Å². The van der Waals surface area contributed by atoms with Gasteiger partial charge in [0.05, 0.1) is 22.3 Å². The Hall–Kier alpha value is -0.610. The topological polar surface area (TPSA) is 25.2 Å². The van der Waals surface area contributed by atoms with Crippen molar-refractivity contribution in [3.8, 4) is 0 Å². The van der Waals surface area contributed by atoms with Gasteiger partial charge in [-0.15, -0.1) is 11.8 Å². The summed E-state index contributed by atoms with van der Waals surface area (Å²) in [6.07, 6.45) is 0. The number of benzene rings is 1. The molecule has 114 valence electrons. The average Bonchev–Trinajstić information content (AvgIpc) is 2.85. The maximum absolute atomic E-state index is 6.01. The fourth-order valence-electron chi connectivity index (χ4n) is 1.67. The standard InChI is InChI=1S/C16H19Cl2NOS/c1-16(2,3)19-9-11-4-5-12(20-11)10-21-13-6-7-14(17)15(18)8-13/h4-8,19H,9-10H2,1-3H3. The molecule has 2 rings (SSSR count). The maximum atomic E-state index is 6.01. The highest BCUT2D eigenvalue weighted by Crippen LogP contribution is 2.30. The molecule has 0 amide bonds. The third kappa shape index (κ3) is 5.59. The van der Waals surface area contributed by atoms with Gasteiger partial charge in [0, 0.05) is 10.4 Å². The van der Waals surface area contributed by atoms with E-state index < -0.39 is 0 Å². The number of hydrogen-bond donors (Lipinski definition) is 1. The molecule has 1 heterocycles. The van der Waals surface area contributed by atoms with Crippen molar-refractivity contribution in [2.75, 3.05) is 0 Å². The van der Waals surface area contributed by atoms with E-state index in [1.807, 2.05) is 30.3 Å². The van der Waals surface area contributed by atoms with Crippen molar-refractivity contribution < 1.29 is 4.42 Å². The molecule has 2 aromatic rings. The van der Waals surface area contributed by atoms with Crippen LogP contribution < -0.4 is 5.32 Å². The number of thioether (sulfide) groups is 1. The van der Waals surface area contributed by atoms with Crippen molar-refractivity contribution >= 4 is 35.0 Å². The van der Waals surface area contributed by atoms with Crippen molar-refractivity contribution in [3.63, 3.8) is 0 Å². The number of nitrogens with one attached hydrogen (secondary N) is 1. The summed E-state index contributed by atoms with van der Waals surface area (Å²) in [6, 6.07) is 9.68. The summed E-state index contributed by atoms with van der Waals surface area (Å²) in [5.74, 6) is 2.68. The van der Waals surface area contributed by atoms with Gasteiger partial charge in [0.15, 0.2) is 0 Å². The number of halogens is 2. The Morgan fingerprint density at radius 1 is 1.05 bits per heavy atom. The van der Waals surface area contributed by atoms with Gasteiger partial charge in [-0.05, 0) is 51.1 Å². The van der Waals surface area contributed by atoms with Gasteiger partial charge in [0.1, 0.15) is 11.5 Å². The first-order valence-electron chi connectivity index (χ1n) is 6.74. The van der Waals surface area contributed by atoms with Crippen LogP contribution in [0.25, 0.3) is 0 Å². The minimum atomic E-state index is 0.0851. The normalized spacial score (nSPS) is 11.9. The Morgan fingerprint density at radius 2 is 1.76 bits per heavy atom. The SMILES string of the molecule is CC(C)(C)NCc1ccc(CSc2ccc(Cl)c(Cl)c2)o1. The predicted molar refractivity (Wildman–Crippen MR) is 91.3 cm³/mol. The molecule has 1 aromatic heterocycles. The third-order valence-corrected chi connectivity index (χ3v) is 4.54. The van der Waals surface area contributed by atoms with E-state index in [0.29, 0.717) is 10.0 Å². The lowest BCUT2D eigenvalue weighted by molar-refractivity contribution is 0.382. The van der Waals surface area contributed by atoms with Crippen LogP contribution in [0.15, 0.2) is 39.6 Å². The van der Waals surface area contributed by atoms with Crippen LogP contribution in [0.4, 0.5) is 0 Å². The van der Waals surface area contributed by atoms with Gasteiger partial charge in [-0.2, -0.15) is 0 Å². The Kier molecular flexibility index (Phi) is 5.67. The quantitative estimate of drug-likeness (QED) is 0.698. The summed E-state index contributed by atoms with van der Waals surface area (Å²) >= 11 is 13.6. The molecule has 0 aliphatic carbocycles. The van der Waals surface area contributed by atoms with Crippen molar-refractivity contribution in [2.24, 2.45) is 0 Å². The van der Waals surface area contributed by atoms with Gasteiger partial charge < -0.3 is 9.73 Å². The summed E-state index contributed by atoms with van der Waals surface area (Å²) in [5, 5.41) is 4.56. The molecule has 0 fully saturated rings. The van der Waals surface area contributed by atoms with Gasteiger partial charge >= 0.3 is 0 Å². The largest absolute Gasteiger partial charge is 0.464 e. The van der Waals surface area contributed by atoms with Crippen LogP contribution in [0, 0.1) is 0 Å². The van der Waals surface area contributed by atoms with Gasteiger partial charge in [0.25, 0.3) is 0 Å². The van der Waals surface area contributed by atoms with Crippen LogP contribution >= 0.6 is 35.0 Å². The molecule has 21 heavy (non-hydrogen) atoms. The molecule has 0 bridgehead atoms. The molecule has 0 saturated carbocycles. The van der Waals surface area contributed by atoms with Crippen LogP contribution in [-0.4, -0.2) is 5.54 Å². The maximum Gasteiger partial charge on any atom is 0.118 e. The lowest BCUT2D eigenvalue weighted by atomic mass is 10.1. The van der Waals surface area contributed by atoms with E-state index in [-0.39, 0.29) is 5.54 Å². The monoisotopic (exact) mass is 343 g/mol. The third-order valence-electron chi connectivity index (χ3n) is 2.78. The second-order valence-corrected chi connectivity index (χ2v) is 7.70. The van der Waals surface area contributed by atoms with Crippen LogP contribution in [0.1, 0.15) is 32.3 Å². The van der Waals surface area contributed by atoms with Crippen LogP contribution in [-0.2, 0) is 12.3 Å². The summed E-state index contributed by atoms with van der Waals surface area (Å²) in [7, 11) is 0. The lowest BCUT2D eigenvalue weighted by Gasteiger charge is -2.19. The van der Waals surface area contributed by atoms with Crippen LogP contribution in [0.5, 0.6) is 0 Å². The minimum Gasteiger partial charge on any atom is -0.464 e. The van der Waals surface area contributed by atoms with E-state index in [4.69, 9.17) is 27.6 Å². The van der Waals surface area contributed by atoms with Crippen molar-refractivity contribution in [3.05, 3.63) is 51.9 Å². The highest BCUT2D eigenvalue weighted by Gasteiger charge is 2.10. The molecule has 0 atom stereocenters. The van der Waals surface area contributed by atoms with Gasteiger partial charge in [-0.3, -0.25) is 0 Å². The van der Waals surface area contributed by atoms with E-state index in [1.54, 1.807) is 11.8 Å². The Bertz CT molecular complexity index is 605. The predicted octanol–water partition coefficient (Wildman–Crippen LogP) is 5.77. The fourth-order valence-corrected chi connectivity index (χ4v) is 2.86. The average molecular weight is 344 g/mol. The summed E-state index contributed by atoms with van der Waals surface area (Å²) in [5.41, 5.74) is 0.0851.